The minimum atomic E-state index is -0.401. The molecule has 0 fully saturated rings. The number of aromatic nitrogens is 3. The molecule has 0 aliphatic heterocycles. The number of nitrogens with one attached hydrogen (secondary N) is 2. The number of thioether (sulfide) groups is 1. The molecule has 34 heavy (non-hydrogen) atoms. The third-order valence-electron chi connectivity index (χ3n) is 4.99. The summed E-state index contributed by atoms with van der Waals surface area (Å²) in [5.41, 5.74) is 1.07. The Morgan fingerprint density at radius 3 is 2.41 bits per heavy atom. The summed E-state index contributed by atoms with van der Waals surface area (Å²) in [7, 11) is 3.39. The number of halogens is 2. The summed E-state index contributed by atoms with van der Waals surface area (Å²) in [6.07, 6.45) is 0. The van der Waals surface area contributed by atoms with E-state index in [1.165, 1.54) is 17.8 Å². The van der Waals surface area contributed by atoms with E-state index in [1.54, 1.807) is 55.1 Å². The molecule has 1 heterocycles. The smallest absolute Gasteiger partial charge is 0.251 e. The van der Waals surface area contributed by atoms with Crippen LogP contribution in [0.5, 0.6) is 5.75 Å². The molecule has 2 amide bonds. The molecular formula is C23H25Cl2N5O3S. The lowest BCUT2D eigenvalue weighted by Gasteiger charge is -2.22. The van der Waals surface area contributed by atoms with Crippen LogP contribution in [0, 0.1) is 5.92 Å². The van der Waals surface area contributed by atoms with Crippen molar-refractivity contribution in [1.82, 2.24) is 20.1 Å². The second kappa shape index (κ2) is 11.6. The summed E-state index contributed by atoms with van der Waals surface area (Å²) in [5.74, 6) is 1.01. The van der Waals surface area contributed by atoms with Gasteiger partial charge >= 0.3 is 0 Å². The molecule has 180 valence electrons. The van der Waals surface area contributed by atoms with Gasteiger partial charge < -0.3 is 19.9 Å². The monoisotopic (exact) mass is 521 g/mol. The Hall–Kier alpha value is -2.75. The van der Waals surface area contributed by atoms with Gasteiger partial charge in [0.05, 0.1) is 28.9 Å². The van der Waals surface area contributed by atoms with Crippen LogP contribution in [0.3, 0.4) is 0 Å². The molecule has 11 heteroatoms. The molecule has 0 saturated heterocycles. The van der Waals surface area contributed by atoms with Crippen LogP contribution in [0.4, 0.5) is 5.69 Å². The van der Waals surface area contributed by atoms with Gasteiger partial charge in [-0.15, -0.1) is 10.2 Å². The number of amides is 2. The zero-order valence-electron chi connectivity index (χ0n) is 19.1. The predicted octanol–water partition coefficient (Wildman–Crippen LogP) is 4.99. The maximum Gasteiger partial charge on any atom is 0.251 e. The third-order valence-corrected chi connectivity index (χ3v) is 6.75. The molecule has 0 spiro atoms. The molecule has 8 nitrogen and oxygen atoms in total. The van der Waals surface area contributed by atoms with Crippen molar-refractivity contribution in [2.24, 2.45) is 13.0 Å². The van der Waals surface area contributed by atoms with Crippen LogP contribution < -0.4 is 15.4 Å². The number of carbonyl (C=O) groups is 2. The summed E-state index contributed by atoms with van der Waals surface area (Å²) in [4.78, 5) is 25.2. The lowest BCUT2D eigenvalue weighted by Crippen LogP contribution is -2.33. The molecule has 3 rings (SSSR count). The molecular weight excluding hydrogens is 497 g/mol. The molecule has 2 N–H and O–H groups in total. The van der Waals surface area contributed by atoms with Crippen molar-refractivity contribution in [3.8, 4) is 5.75 Å². The highest BCUT2D eigenvalue weighted by Crippen LogP contribution is 2.26. The minimum Gasteiger partial charge on any atom is -0.497 e. The van der Waals surface area contributed by atoms with Gasteiger partial charge in [-0.2, -0.15) is 0 Å². The quantitative estimate of drug-likeness (QED) is 0.385. The second-order valence-corrected chi connectivity index (χ2v) is 9.55. The molecule has 0 unspecified atom stereocenters. The lowest BCUT2D eigenvalue weighted by molar-refractivity contribution is -0.113. The Morgan fingerprint density at radius 1 is 1.09 bits per heavy atom. The molecule has 0 radical (unpaired) electrons. The summed E-state index contributed by atoms with van der Waals surface area (Å²) in [6, 6.07) is 11.4. The van der Waals surface area contributed by atoms with Crippen LogP contribution >= 0.6 is 35.0 Å². The van der Waals surface area contributed by atoms with Gasteiger partial charge in [0, 0.05) is 18.3 Å². The van der Waals surface area contributed by atoms with E-state index in [0.717, 1.165) is 0 Å². The highest BCUT2D eigenvalue weighted by molar-refractivity contribution is 7.99. The summed E-state index contributed by atoms with van der Waals surface area (Å²) < 4.78 is 6.90. The largest absolute Gasteiger partial charge is 0.497 e. The fourth-order valence-corrected chi connectivity index (χ4v) is 4.13. The van der Waals surface area contributed by atoms with E-state index in [-0.39, 0.29) is 23.5 Å². The number of anilines is 1. The topological polar surface area (TPSA) is 98.1 Å². The Morgan fingerprint density at radius 2 is 1.79 bits per heavy atom. The average molecular weight is 522 g/mol. The maximum absolute atomic E-state index is 12.8. The second-order valence-electron chi connectivity index (χ2n) is 7.79. The Labute approximate surface area is 212 Å². The molecule has 0 aliphatic carbocycles. The first kappa shape index (κ1) is 25.9. The van der Waals surface area contributed by atoms with Crippen molar-refractivity contribution in [2.45, 2.75) is 25.0 Å². The van der Waals surface area contributed by atoms with Crippen LogP contribution in [0.1, 0.15) is 36.1 Å². The van der Waals surface area contributed by atoms with Gasteiger partial charge in [0.1, 0.15) is 5.75 Å². The van der Waals surface area contributed by atoms with E-state index in [9.17, 15) is 9.59 Å². The van der Waals surface area contributed by atoms with E-state index in [4.69, 9.17) is 27.9 Å². The standard InChI is InChI=1S/C23H25Cl2N5O3S/c1-13(2)20(27-22(32)14-5-10-17(24)18(25)11-14)21-28-29-23(30(21)3)34-12-19(31)26-15-6-8-16(33-4)9-7-15/h5-11,13,20H,12H2,1-4H3,(H,26,31)(H,27,32)/t20-/m1/s1. The Balaban J connectivity index is 1.65. The van der Waals surface area contributed by atoms with Gasteiger partial charge in [-0.25, -0.2) is 0 Å². The van der Waals surface area contributed by atoms with Crippen molar-refractivity contribution in [1.29, 1.82) is 0 Å². The fourth-order valence-electron chi connectivity index (χ4n) is 3.12. The van der Waals surface area contributed by atoms with Crippen molar-refractivity contribution < 1.29 is 14.3 Å². The van der Waals surface area contributed by atoms with Crippen molar-refractivity contribution in [3.63, 3.8) is 0 Å². The Bertz CT molecular complexity index is 1170. The van der Waals surface area contributed by atoms with E-state index in [2.05, 4.69) is 20.8 Å². The number of rotatable bonds is 9. The van der Waals surface area contributed by atoms with Crippen molar-refractivity contribution >= 4 is 52.5 Å². The maximum atomic E-state index is 12.8. The molecule has 1 atom stereocenters. The van der Waals surface area contributed by atoms with E-state index in [0.29, 0.717) is 38.0 Å². The summed E-state index contributed by atoms with van der Waals surface area (Å²) >= 11 is 13.3. The first-order valence-corrected chi connectivity index (χ1v) is 12.2. The van der Waals surface area contributed by atoms with E-state index in [1.807, 2.05) is 13.8 Å². The van der Waals surface area contributed by atoms with Crippen LogP contribution in [0.25, 0.3) is 0 Å². The van der Waals surface area contributed by atoms with Crippen molar-refractivity contribution in [3.05, 3.63) is 63.9 Å². The SMILES string of the molecule is COc1ccc(NC(=O)CSc2nnc([C@H](NC(=O)c3ccc(Cl)c(Cl)c3)C(C)C)n2C)cc1. The molecule has 0 saturated carbocycles. The zero-order valence-corrected chi connectivity index (χ0v) is 21.5. The summed E-state index contributed by atoms with van der Waals surface area (Å²) in [5, 5.41) is 15.6. The number of carbonyl (C=O) groups excluding carboxylic acids is 2. The van der Waals surface area contributed by atoms with Gasteiger partial charge in [-0.3, -0.25) is 9.59 Å². The molecule has 2 aromatic carbocycles. The molecule has 1 aromatic heterocycles. The van der Waals surface area contributed by atoms with Gasteiger partial charge in [0.2, 0.25) is 5.91 Å². The number of nitrogens with zero attached hydrogens (tertiary/aromatic N) is 3. The number of benzene rings is 2. The first-order chi connectivity index (χ1) is 16.2. The number of hydrogen-bond donors (Lipinski definition) is 2. The van der Waals surface area contributed by atoms with Crippen molar-refractivity contribution in [2.75, 3.05) is 18.2 Å². The number of methoxy groups -OCH3 is 1. The van der Waals surface area contributed by atoms with E-state index < -0.39 is 6.04 Å². The predicted molar refractivity (Wildman–Crippen MR) is 135 cm³/mol. The first-order valence-electron chi connectivity index (χ1n) is 10.4. The normalized spacial score (nSPS) is 11.9. The lowest BCUT2D eigenvalue weighted by atomic mass is 10.0. The van der Waals surface area contributed by atoms with Crippen LogP contribution in [-0.2, 0) is 11.8 Å². The molecule has 3 aromatic rings. The summed E-state index contributed by atoms with van der Waals surface area (Å²) in [6.45, 7) is 3.95. The highest BCUT2D eigenvalue weighted by Gasteiger charge is 2.25. The number of hydrogen-bond acceptors (Lipinski definition) is 6. The van der Waals surface area contributed by atoms with Crippen LogP contribution in [-0.4, -0.2) is 39.4 Å². The van der Waals surface area contributed by atoms with Gasteiger partial charge in [-0.1, -0.05) is 48.8 Å². The van der Waals surface area contributed by atoms with Gasteiger partial charge in [0.25, 0.3) is 5.91 Å². The van der Waals surface area contributed by atoms with E-state index >= 15 is 0 Å². The van der Waals surface area contributed by atoms with Gasteiger partial charge in [0.15, 0.2) is 11.0 Å². The van der Waals surface area contributed by atoms with Crippen LogP contribution in [0.2, 0.25) is 10.0 Å². The molecule has 0 bridgehead atoms. The highest BCUT2D eigenvalue weighted by atomic mass is 35.5. The Kier molecular flexibility index (Phi) is 8.82. The fraction of sp³-hybridized carbons (Fsp3) is 0.304. The molecule has 0 aliphatic rings. The van der Waals surface area contributed by atoms with Crippen LogP contribution in [0.15, 0.2) is 47.6 Å². The third kappa shape index (κ3) is 6.43. The average Bonchev–Trinajstić information content (AvgIpc) is 3.17. The van der Waals surface area contributed by atoms with Gasteiger partial charge in [-0.05, 0) is 48.4 Å². The minimum absolute atomic E-state index is 0.0332. The zero-order chi connectivity index (χ0) is 24.8. The number of ether oxygens (including phenoxy) is 1.